The maximum atomic E-state index is 12.9. The zero-order valence-electron chi connectivity index (χ0n) is 19.7. The molecule has 0 aromatic heterocycles. The van der Waals surface area contributed by atoms with Gasteiger partial charge in [0.25, 0.3) is 5.91 Å². The molecule has 0 saturated heterocycles. The highest BCUT2D eigenvalue weighted by Crippen LogP contribution is 2.27. The average molecular weight is 447 g/mol. The van der Waals surface area contributed by atoms with Crippen LogP contribution in [0.4, 0.5) is 11.4 Å². The van der Waals surface area contributed by atoms with Crippen LogP contribution in [0, 0.1) is 20.8 Å². The van der Waals surface area contributed by atoms with Crippen LogP contribution in [0.5, 0.6) is 11.5 Å². The van der Waals surface area contributed by atoms with E-state index in [0.29, 0.717) is 29.3 Å². The van der Waals surface area contributed by atoms with Crippen LogP contribution >= 0.6 is 0 Å². The Morgan fingerprint density at radius 3 is 2.12 bits per heavy atom. The molecule has 0 radical (unpaired) electrons. The number of ether oxygens (including phenoxy) is 2. The molecule has 0 aliphatic carbocycles. The first-order valence-corrected chi connectivity index (χ1v) is 10.9. The van der Waals surface area contributed by atoms with E-state index >= 15 is 0 Å². The number of anilines is 2. The fourth-order valence-electron chi connectivity index (χ4n) is 3.48. The summed E-state index contributed by atoms with van der Waals surface area (Å²) < 4.78 is 11.9. The minimum Gasteiger partial charge on any atom is -0.493 e. The molecular formula is C27H30N2O4. The van der Waals surface area contributed by atoms with Crippen molar-refractivity contribution in [3.8, 4) is 11.5 Å². The molecule has 2 N–H and O–H groups in total. The lowest BCUT2D eigenvalue weighted by molar-refractivity contribution is -0.114. The highest BCUT2D eigenvalue weighted by Gasteiger charge is 2.13. The van der Waals surface area contributed by atoms with Crippen molar-refractivity contribution in [2.75, 3.05) is 17.2 Å². The van der Waals surface area contributed by atoms with E-state index in [1.807, 2.05) is 26.8 Å². The Balaban J connectivity index is 1.77. The Morgan fingerprint density at radius 1 is 0.818 bits per heavy atom. The minimum atomic E-state index is -0.242. The van der Waals surface area contributed by atoms with Gasteiger partial charge >= 0.3 is 0 Å². The summed E-state index contributed by atoms with van der Waals surface area (Å²) in [6.07, 6.45) is 0. The quantitative estimate of drug-likeness (QED) is 0.458. The van der Waals surface area contributed by atoms with Crippen LogP contribution in [0.2, 0.25) is 0 Å². The summed E-state index contributed by atoms with van der Waals surface area (Å²) in [5.41, 5.74) is 6.00. The fourth-order valence-corrected chi connectivity index (χ4v) is 3.48. The zero-order valence-corrected chi connectivity index (χ0v) is 19.7. The maximum absolute atomic E-state index is 12.9. The zero-order chi connectivity index (χ0) is 24.0. The lowest BCUT2D eigenvalue weighted by Crippen LogP contribution is -2.13. The molecule has 2 amide bonds. The first-order valence-electron chi connectivity index (χ1n) is 10.9. The van der Waals surface area contributed by atoms with Gasteiger partial charge in [0.2, 0.25) is 5.91 Å². The lowest BCUT2D eigenvalue weighted by atomic mass is 10.1. The molecule has 0 bridgehead atoms. The molecule has 33 heavy (non-hydrogen) atoms. The summed E-state index contributed by atoms with van der Waals surface area (Å²) in [6, 6.07) is 16.4. The Kier molecular flexibility index (Phi) is 7.72. The van der Waals surface area contributed by atoms with E-state index in [0.717, 1.165) is 22.4 Å². The van der Waals surface area contributed by atoms with Gasteiger partial charge in [-0.3, -0.25) is 9.59 Å². The van der Waals surface area contributed by atoms with Gasteiger partial charge in [-0.1, -0.05) is 6.07 Å². The molecule has 0 aliphatic rings. The van der Waals surface area contributed by atoms with Gasteiger partial charge in [-0.15, -0.1) is 0 Å². The summed E-state index contributed by atoms with van der Waals surface area (Å²) in [5, 5.41) is 5.58. The van der Waals surface area contributed by atoms with Crippen LogP contribution in [0.3, 0.4) is 0 Å². The maximum Gasteiger partial charge on any atom is 0.255 e. The van der Waals surface area contributed by atoms with Crippen molar-refractivity contribution in [2.24, 2.45) is 0 Å². The predicted molar refractivity (Wildman–Crippen MR) is 131 cm³/mol. The van der Waals surface area contributed by atoms with Gasteiger partial charge < -0.3 is 20.1 Å². The molecule has 6 nitrogen and oxygen atoms in total. The molecule has 0 unspecified atom stereocenters. The first-order chi connectivity index (χ1) is 15.8. The van der Waals surface area contributed by atoms with E-state index in [4.69, 9.17) is 9.47 Å². The number of benzene rings is 3. The van der Waals surface area contributed by atoms with Gasteiger partial charge in [0.05, 0.1) is 6.61 Å². The van der Waals surface area contributed by atoms with Crippen molar-refractivity contribution in [2.45, 2.75) is 41.2 Å². The summed E-state index contributed by atoms with van der Waals surface area (Å²) in [6.45, 7) is 10.3. The molecule has 0 saturated carbocycles. The average Bonchev–Trinajstić information content (AvgIpc) is 2.77. The molecule has 0 heterocycles. The van der Waals surface area contributed by atoms with E-state index < -0.39 is 0 Å². The van der Waals surface area contributed by atoms with Crippen molar-refractivity contribution in [3.05, 3.63) is 82.4 Å². The second-order valence-electron chi connectivity index (χ2n) is 7.96. The standard InChI is InChI=1S/C27H30N2O4/c1-6-32-25-12-7-21(27(31)29-24-10-8-23(9-11-24)28-20(5)30)15-22(25)16-33-26-14-17(2)13-18(3)19(26)4/h7-15H,6,16H2,1-5H3,(H,28,30)(H,29,31). The predicted octanol–water partition coefficient (Wildman–Crippen LogP) is 5.80. The number of rotatable bonds is 8. The van der Waals surface area contributed by atoms with E-state index in [1.165, 1.54) is 12.5 Å². The van der Waals surface area contributed by atoms with Crippen molar-refractivity contribution in [1.29, 1.82) is 0 Å². The first kappa shape index (κ1) is 23.9. The van der Waals surface area contributed by atoms with Gasteiger partial charge in [0.1, 0.15) is 18.1 Å². The lowest BCUT2D eigenvalue weighted by Gasteiger charge is -2.16. The number of nitrogens with one attached hydrogen (secondary N) is 2. The topological polar surface area (TPSA) is 76.7 Å². The Bertz CT molecular complexity index is 1150. The molecule has 0 spiro atoms. The van der Waals surface area contributed by atoms with Gasteiger partial charge in [-0.05, 0) is 92.9 Å². The van der Waals surface area contributed by atoms with Crippen LogP contribution < -0.4 is 20.1 Å². The number of hydrogen-bond donors (Lipinski definition) is 2. The minimum absolute atomic E-state index is 0.146. The highest BCUT2D eigenvalue weighted by atomic mass is 16.5. The number of hydrogen-bond acceptors (Lipinski definition) is 4. The van der Waals surface area contributed by atoms with Gasteiger partial charge in [-0.2, -0.15) is 0 Å². The molecule has 3 aromatic carbocycles. The molecule has 0 atom stereocenters. The molecular weight excluding hydrogens is 416 g/mol. The van der Waals surface area contributed by atoms with Gasteiger partial charge in [0.15, 0.2) is 0 Å². The van der Waals surface area contributed by atoms with E-state index in [1.54, 1.807) is 42.5 Å². The second-order valence-corrected chi connectivity index (χ2v) is 7.96. The summed E-state index contributed by atoms with van der Waals surface area (Å²) in [7, 11) is 0. The van der Waals surface area contributed by atoms with Crippen LogP contribution in [0.15, 0.2) is 54.6 Å². The Hall–Kier alpha value is -3.80. The Morgan fingerprint density at radius 2 is 1.48 bits per heavy atom. The summed E-state index contributed by atoms with van der Waals surface area (Å²) in [5.74, 6) is 1.13. The van der Waals surface area contributed by atoms with Crippen LogP contribution in [-0.4, -0.2) is 18.4 Å². The normalized spacial score (nSPS) is 10.5. The van der Waals surface area contributed by atoms with Crippen molar-refractivity contribution >= 4 is 23.2 Å². The second kappa shape index (κ2) is 10.7. The smallest absolute Gasteiger partial charge is 0.255 e. The third kappa shape index (κ3) is 6.35. The summed E-state index contributed by atoms with van der Waals surface area (Å²) >= 11 is 0. The Labute approximate surface area is 194 Å². The third-order valence-corrected chi connectivity index (χ3v) is 5.23. The molecule has 172 valence electrons. The van der Waals surface area contributed by atoms with E-state index in [-0.39, 0.29) is 18.4 Å². The number of aryl methyl sites for hydroxylation is 2. The highest BCUT2D eigenvalue weighted by molar-refractivity contribution is 6.04. The monoisotopic (exact) mass is 446 g/mol. The SMILES string of the molecule is CCOc1ccc(C(=O)Nc2ccc(NC(C)=O)cc2)cc1COc1cc(C)cc(C)c1C. The number of carbonyl (C=O) groups excluding carboxylic acids is 2. The van der Waals surface area contributed by atoms with E-state index in [2.05, 4.69) is 23.6 Å². The van der Waals surface area contributed by atoms with Crippen molar-refractivity contribution in [1.82, 2.24) is 0 Å². The third-order valence-electron chi connectivity index (χ3n) is 5.23. The van der Waals surface area contributed by atoms with Crippen molar-refractivity contribution < 1.29 is 19.1 Å². The van der Waals surface area contributed by atoms with Gasteiger partial charge in [0, 0.05) is 29.4 Å². The number of carbonyl (C=O) groups is 2. The fraction of sp³-hybridized carbons (Fsp3) is 0.259. The molecule has 0 aliphatic heterocycles. The van der Waals surface area contributed by atoms with Crippen LogP contribution in [0.1, 0.15) is 46.5 Å². The molecule has 3 aromatic rings. The molecule has 0 fully saturated rings. The number of amides is 2. The van der Waals surface area contributed by atoms with Crippen molar-refractivity contribution in [3.63, 3.8) is 0 Å². The van der Waals surface area contributed by atoms with Crippen LogP contribution in [-0.2, 0) is 11.4 Å². The summed E-state index contributed by atoms with van der Waals surface area (Å²) in [4.78, 5) is 24.0. The molecule has 6 heteroatoms. The largest absolute Gasteiger partial charge is 0.493 e. The molecule has 3 rings (SSSR count). The van der Waals surface area contributed by atoms with Crippen LogP contribution in [0.25, 0.3) is 0 Å². The van der Waals surface area contributed by atoms with E-state index in [9.17, 15) is 9.59 Å². The van der Waals surface area contributed by atoms with Gasteiger partial charge in [-0.25, -0.2) is 0 Å².